The molecule has 3 N–H and O–H groups in total. The molecule has 1 atom stereocenters. The van der Waals surface area contributed by atoms with Crippen LogP contribution in [0.25, 0.3) is 11.0 Å². The fourth-order valence-electron chi connectivity index (χ4n) is 5.54. The molecule has 5 rings (SSSR count). The van der Waals surface area contributed by atoms with Crippen LogP contribution in [-0.2, 0) is 10.5 Å². The van der Waals surface area contributed by atoms with Gasteiger partial charge < -0.3 is 11.1 Å². The lowest BCUT2D eigenvalue weighted by molar-refractivity contribution is -0.122. The summed E-state index contributed by atoms with van der Waals surface area (Å²) in [5, 5.41) is 3.20. The molecule has 208 valence electrons. The third kappa shape index (κ3) is 6.41. The predicted octanol–water partition coefficient (Wildman–Crippen LogP) is 3.63. The minimum absolute atomic E-state index is 0.0632. The maximum atomic E-state index is 14.1. The van der Waals surface area contributed by atoms with Gasteiger partial charge in [-0.25, -0.2) is 14.2 Å². The fraction of sp³-hybridized carbons (Fsp3) is 0.500. The maximum absolute atomic E-state index is 14.1. The average molecular weight is 572 g/mol. The first-order valence-corrected chi connectivity index (χ1v) is 15.8. The number of nitrogens with two attached hydrogens (primary N) is 1. The summed E-state index contributed by atoms with van der Waals surface area (Å²) in [4.78, 5) is 44.1. The first kappa shape index (κ1) is 27.9. The highest BCUT2D eigenvalue weighted by Gasteiger charge is 2.30. The number of hydrogen-bond donors (Lipinski definition) is 2. The molecule has 2 aliphatic rings. The second-order valence-corrected chi connectivity index (χ2v) is 12.6. The highest BCUT2D eigenvalue weighted by Crippen LogP contribution is 2.30. The van der Waals surface area contributed by atoms with Crippen LogP contribution < -0.4 is 22.3 Å². The summed E-state index contributed by atoms with van der Waals surface area (Å²) in [7, 11) is 0. The molecule has 1 amide bonds. The van der Waals surface area contributed by atoms with Gasteiger partial charge >= 0.3 is 5.69 Å². The summed E-state index contributed by atoms with van der Waals surface area (Å²) in [6, 6.07) is 10.2. The van der Waals surface area contributed by atoms with Crippen LogP contribution >= 0.6 is 23.5 Å². The van der Waals surface area contributed by atoms with Gasteiger partial charge in [-0.05, 0) is 61.7 Å². The van der Waals surface area contributed by atoms with Gasteiger partial charge in [-0.3, -0.25) is 18.7 Å². The van der Waals surface area contributed by atoms with Gasteiger partial charge in [-0.1, -0.05) is 30.3 Å². The van der Waals surface area contributed by atoms with Crippen LogP contribution in [0.5, 0.6) is 0 Å². The van der Waals surface area contributed by atoms with E-state index in [1.165, 1.54) is 16.2 Å². The van der Waals surface area contributed by atoms with Crippen LogP contribution in [0, 0.1) is 5.82 Å². The zero-order chi connectivity index (χ0) is 27.4. The molecular weight excluding hydrogens is 537 g/mol. The molecule has 0 bridgehead atoms. The number of hydrogen-bond acceptors (Lipinski definition) is 7. The number of rotatable bonds is 8. The van der Waals surface area contributed by atoms with E-state index in [0.29, 0.717) is 31.4 Å². The van der Waals surface area contributed by atoms with Crippen LogP contribution in [0.4, 0.5) is 4.39 Å². The number of carbonyl (C=O) groups is 1. The van der Waals surface area contributed by atoms with E-state index in [1.54, 1.807) is 16.3 Å². The van der Waals surface area contributed by atoms with Crippen molar-refractivity contribution < 1.29 is 9.18 Å². The summed E-state index contributed by atoms with van der Waals surface area (Å²) in [5.74, 6) is 2.39. The Bertz CT molecular complexity index is 1420. The first-order valence-electron chi connectivity index (χ1n) is 13.5. The Morgan fingerprint density at radius 2 is 1.77 bits per heavy atom. The van der Waals surface area contributed by atoms with E-state index in [9.17, 15) is 18.8 Å². The van der Waals surface area contributed by atoms with Crippen molar-refractivity contribution in [3.8, 4) is 0 Å². The van der Waals surface area contributed by atoms with Crippen molar-refractivity contribution in [3.05, 3.63) is 74.8 Å². The number of halogens is 1. The summed E-state index contributed by atoms with van der Waals surface area (Å²) in [5.41, 5.74) is 6.74. The van der Waals surface area contributed by atoms with Crippen molar-refractivity contribution in [1.29, 1.82) is 0 Å². The van der Waals surface area contributed by atoms with Gasteiger partial charge in [0.05, 0.1) is 17.6 Å². The smallest absolute Gasteiger partial charge is 0.333 e. The lowest BCUT2D eigenvalue weighted by atomic mass is 9.90. The number of benzene rings is 1. The predicted molar refractivity (Wildman–Crippen MR) is 156 cm³/mol. The van der Waals surface area contributed by atoms with Crippen molar-refractivity contribution in [2.45, 2.75) is 68.4 Å². The largest absolute Gasteiger partial charge is 0.352 e. The lowest BCUT2D eigenvalue weighted by Crippen LogP contribution is -2.49. The lowest BCUT2D eigenvalue weighted by Gasteiger charge is -2.32. The van der Waals surface area contributed by atoms with Gasteiger partial charge in [0.25, 0.3) is 5.56 Å². The van der Waals surface area contributed by atoms with Gasteiger partial charge in [0.15, 0.2) is 0 Å². The molecule has 1 aromatic carbocycles. The van der Waals surface area contributed by atoms with Crippen LogP contribution in [0.1, 0.15) is 56.2 Å². The topological polar surface area (TPSA) is 112 Å². The molecule has 3 heterocycles. The van der Waals surface area contributed by atoms with Crippen LogP contribution in [0.15, 0.2) is 52.2 Å². The van der Waals surface area contributed by atoms with Crippen molar-refractivity contribution in [3.63, 3.8) is 0 Å². The van der Waals surface area contributed by atoms with E-state index in [1.807, 2.05) is 42.1 Å². The van der Waals surface area contributed by atoms with Gasteiger partial charge in [-0.15, -0.1) is 0 Å². The Morgan fingerprint density at radius 3 is 2.49 bits per heavy atom. The molecule has 0 radical (unpaired) electrons. The first-order chi connectivity index (χ1) is 18.9. The molecule has 1 aliphatic heterocycles. The highest BCUT2D eigenvalue weighted by molar-refractivity contribution is 7.99. The number of carbonyl (C=O) groups excluding carboxylic acids is 1. The Hall–Kier alpha value is -2.63. The third-order valence-electron chi connectivity index (χ3n) is 7.63. The third-order valence-corrected chi connectivity index (χ3v) is 9.81. The van der Waals surface area contributed by atoms with Crippen LogP contribution in [0.3, 0.4) is 0 Å². The zero-order valence-electron chi connectivity index (χ0n) is 21.8. The average Bonchev–Trinajstić information content (AvgIpc) is 2.95. The molecule has 2 aromatic heterocycles. The summed E-state index contributed by atoms with van der Waals surface area (Å²) in [6.07, 6.45) is 5.06. The number of thioether (sulfide) groups is 2. The Morgan fingerprint density at radius 1 is 1.08 bits per heavy atom. The van der Waals surface area contributed by atoms with Crippen molar-refractivity contribution >= 4 is 40.5 Å². The quantitative estimate of drug-likeness (QED) is 0.425. The summed E-state index contributed by atoms with van der Waals surface area (Å²) >= 11 is 3.47. The highest BCUT2D eigenvalue weighted by atomic mass is 32.2. The van der Waals surface area contributed by atoms with Crippen molar-refractivity contribution in [2.24, 2.45) is 5.73 Å². The zero-order valence-corrected chi connectivity index (χ0v) is 23.4. The van der Waals surface area contributed by atoms with Crippen LogP contribution in [0.2, 0.25) is 0 Å². The Kier molecular flexibility index (Phi) is 9.09. The molecule has 0 unspecified atom stereocenters. The minimum atomic E-state index is -0.609. The molecule has 11 heteroatoms. The van der Waals surface area contributed by atoms with E-state index >= 15 is 0 Å². The number of nitrogens with zero attached hydrogens (tertiary/aromatic N) is 3. The summed E-state index contributed by atoms with van der Waals surface area (Å²) < 4.78 is 17.0. The molecule has 1 saturated heterocycles. The second-order valence-electron chi connectivity index (χ2n) is 10.3. The van der Waals surface area contributed by atoms with Crippen molar-refractivity contribution in [2.75, 3.05) is 17.3 Å². The summed E-state index contributed by atoms with van der Waals surface area (Å²) in [6.45, 7) is 0. The normalized spacial score (nSPS) is 21.1. The molecule has 3 aromatic rings. The Balaban J connectivity index is 1.25. The SMILES string of the molecule is N[C@H](CSCc1ccccc1)C(=O)NC1CCC(n2c(=O)c3cc(F)cnc3n(C3CCSCC3)c2=O)CC1. The standard InChI is InChI=1S/C28H34FN5O3S2/c29-19-14-23-25(31-15-19)33(22-10-12-38-13-11-22)28(37)34(27(23)36)21-8-6-20(7-9-21)32-26(35)24(30)17-39-16-18-4-2-1-3-5-18/h1-5,14-15,20-22,24H,6-13,16-17,30H2,(H,32,35)/t20?,21?,24-/m1/s1. The molecule has 1 saturated carbocycles. The maximum Gasteiger partial charge on any atom is 0.333 e. The van der Waals surface area contributed by atoms with Crippen LogP contribution in [-0.4, -0.2) is 49.4 Å². The molecule has 1 aliphatic carbocycles. The number of fused-ring (bicyclic) bond motifs is 1. The number of nitrogens with one attached hydrogen (secondary N) is 1. The van der Waals surface area contributed by atoms with E-state index in [-0.39, 0.29) is 40.8 Å². The van der Waals surface area contributed by atoms with Gasteiger partial charge in [0.2, 0.25) is 5.91 Å². The minimum Gasteiger partial charge on any atom is -0.352 e. The van der Waals surface area contributed by atoms with Gasteiger partial charge in [0.1, 0.15) is 11.5 Å². The Labute approximate surface area is 234 Å². The van der Waals surface area contributed by atoms with E-state index < -0.39 is 17.4 Å². The van der Waals surface area contributed by atoms with E-state index in [2.05, 4.69) is 10.3 Å². The van der Waals surface area contributed by atoms with E-state index in [4.69, 9.17) is 5.73 Å². The van der Waals surface area contributed by atoms with Gasteiger partial charge in [0, 0.05) is 29.6 Å². The fourth-order valence-corrected chi connectivity index (χ4v) is 7.57. The molecule has 0 spiro atoms. The molecular formula is C28H34FN5O3S2. The monoisotopic (exact) mass is 571 g/mol. The van der Waals surface area contributed by atoms with E-state index in [0.717, 1.165) is 36.3 Å². The number of pyridine rings is 1. The van der Waals surface area contributed by atoms with Crippen molar-refractivity contribution in [1.82, 2.24) is 19.4 Å². The molecule has 8 nitrogen and oxygen atoms in total. The molecule has 2 fully saturated rings. The number of aromatic nitrogens is 3. The second kappa shape index (κ2) is 12.7. The number of amides is 1. The van der Waals surface area contributed by atoms with Gasteiger partial charge in [-0.2, -0.15) is 23.5 Å². The molecule has 39 heavy (non-hydrogen) atoms.